The molecular formula is C21H21FN2O2. The van der Waals surface area contributed by atoms with Crippen LogP contribution in [-0.4, -0.2) is 47.8 Å². The van der Waals surface area contributed by atoms with Crippen LogP contribution in [0.3, 0.4) is 0 Å². The van der Waals surface area contributed by atoms with Gasteiger partial charge >= 0.3 is 0 Å². The first kappa shape index (κ1) is 16.8. The summed E-state index contributed by atoms with van der Waals surface area (Å²) < 4.78 is 13.9. The molecule has 2 unspecified atom stereocenters. The van der Waals surface area contributed by atoms with Crippen molar-refractivity contribution in [3.63, 3.8) is 0 Å². The van der Waals surface area contributed by atoms with E-state index in [0.29, 0.717) is 43.7 Å². The topological polar surface area (TPSA) is 40.6 Å². The Balaban J connectivity index is 1.33. The van der Waals surface area contributed by atoms with Gasteiger partial charge in [0.05, 0.1) is 0 Å². The fourth-order valence-corrected chi connectivity index (χ4v) is 3.72. The lowest BCUT2D eigenvalue weighted by Crippen LogP contribution is -2.51. The maximum absolute atomic E-state index is 13.9. The van der Waals surface area contributed by atoms with Crippen LogP contribution in [0.25, 0.3) is 0 Å². The minimum absolute atomic E-state index is 0.00678. The van der Waals surface area contributed by atoms with E-state index in [0.717, 1.165) is 0 Å². The molecule has 4 rings (SSSR count). The smallest absolute Gasteiger partial charge is 0.253 e. The van der Waals surface area contributed by atoms with Crippen LogP contribution in [0, 0.1) is 11.7 Å². The Hall–Kier alpha value is -2.69. The zero-order valence-corrected chi connectivity index (χ0v) is 14.5. The van der Waals surface area contributed by atoms with Crippen molar-refractivity contribution < 1.29 is 14.0 Å². The highest BCUT2D eigenvalue weighted by Gasteiger charge is 2.47. The van der Waals surface area contributed by atoms with Crippen LogP contribution in [0.1, 0.15) is 28.3 Å². The number of halogens is 1. The molecule has 2 aromatic carbocycles. The van der Waals surface area contributed by atoms with Crippen LogP contribution in [0.5, 0.6) is 0 Å². The first-order valence-corrected chi connectivity index (χ1v) is 9.02. The van der Waals surface area contributed by atoms with Gasteiger partial charge in [-0.05, 0) is 36.1 Å². The van der Waals surface area contributed by atoms with Gasteiger partial charge in [0.2, 0.25) is 5.91 Å². The van der Waals surface area contributed by atoms with Crippen molar-refractivity contribution in [2.45, 2.75) is 12.3 Å². The van der Waals surface area contributed by atoms with Crippen LogP contribution in [0.15, 0.2) is 54.6 Å². The van der Waals surface area contributed by atoms with Gasteiger partial charge in [-0.2, -0.15) is 0 Å². The summed E-state index contributed by atoms with van der Waals surface area (Å²) in [4.78, 5) is 28.8. The van der Waals surface area contributed by atoms with Crippen LogP contribution >= 0.6 is 0 Å². The summed E-state index contributed by atoms with van der Waals surface area (Å²) in [6.07, 6.45) is 0.711. The van der Waals surface area contributed by atoms with Crippen LogP contribution in [0.4, 0.5) is 4.39 Å². The molecule has 0 aromatic heterocycles. The second-order valence-corrected chi connectivity index (χ2v) is 6.95. The average Bonchev–Trinajstić information content (AvgIpc) is 3.48. The van der Waals surface area contributed by atoms with E-state index in [9.17, 15) is 14.0 Å². The monoisotopic (exact) mass is 352 g/mol. The first-order valence-electron chi connectivity index (χ1n) is 9.02. The summed E-state index contributed by atoms with van der Waals surface area (Å²) in [6.45, 7) is 2.16. The molecule has 1 heterocycles. The summed E-state index contributed by atoms with van der Waals surface area (Å²) in [5.41, 5.74) is 1.32. The van der Waals surface area contributed by atoms with Gasteiger partial charge in [0, 0.05) is 37.7 Å². The first-order chi connectivity index (χ1) is 12.6. The molecule has 0 bridgehead atoms. The van der Waals surface area contributed by atoms with Gasteiger partial charge in [-0.25, -0.2) is 4.39 Å². The van der Waals surface area contributed by atoms with Crippen molar-refractivity contribution in [3.05, 3.63) is 71.5 Å². The molecule has 2 aliphatic rings. The highest BCUT2D eigenvalue weighted by atomic mass is 19.1. The molecule has 0 radical (unpaired) electrons. The van der Waals surface area contributed by atoms with Crippen molar-refractivity contribution in [2.75, 3.05) is 26.2 Å². The zero-order chi connectivity index (χ0) is 18.1. The predicted octanol–water partition coefficient (Wildman–Crippen LogP) is 2.91. The van der Waals surface area contributed by atoms with Gasteiger partial charge in [-0.15, -0.1) is 0 Å². The Morgan fingerprint density at radius 3 is 2.15 bits per heavy atom. The van der Waals surface area contributed by atoms with Gasteiger partial charge < -0.3 is 9.80 Å². The second-order valence-electron chi connectivity index (χ2n) is 6.95. The Labute approximate surface area is 152 Å². The largest absolute Gasteiger partial charge is 0.339 e. The fraction of sp³-hybridized carbons (Fsp3) is 0.333. The fourth-order valence-electron chi connectivity index (χ4n) is 3.72. The Bertz CT molecular complexity index is 816. The van der Waals surface area contributed by atoms with Crippen molar-refractivity contribution in [1.29, 1.82) is 0 Å². The van der Waals surface area contributed by atoms with Crippen LogP contribution in [-0.2, 0) is 4.79 Å². The molecule has 1 aliphatic heterocycles. The number of nitrogens with zero attached hydrogens (tertiary/aromatic N) is 2. The third-order valence-corrected chi connectivity index (χ3v) is 5.31. The van der Waals surface area contributed by atoms with Gasteiger partial charge in [-0.3, -0.25) is 9.59 Å². The maximum Gasteiger partial charge on any atom is 0.253 e. The van der Waals surface area contributed by atoms with Crippen molar-refractivity contribution in [1.82, 2.24) is 9.80 Å². The van der Waals surface area contributed by atoms with E-state index in [-0.39, 0.29) is 29.5 Å². The van der Waals surface area contributed by atoms with E-state index >= 15 is 0 Å². The number of carbonyl (C=O) groups is 2. The van der Waals surface area contributed by atoms with E-state index < -0.39 is 0 Å². The number of carbonyl (C=O) groups excluding carboxylic acids is 2. The highest BCUT2D eigenvalue weighted by Crippen LogP contribution is 2.49. The normalized spacial score (nSPS) is 22.2. The number of rotatable bonds is 3. The van der Waals surface area contributed by atoms with Crippen molar-refractivity contribution in [2.24, 2.45) is 5.92 Å². The summed E-state index contributed by atoms with van der Waals surface area (Å²) >= 11 is 0. The number of hydrogen-bond donors (Lipinski definition) is 0. The molecule has 0 N–H and O–H groups in total. The lowest BCUT2D eigenvalue weighted by molar-refractivity contribution is -0.134. The Morgan fingerprint density at radius 2 is 1.46 bits per heavy atom. The quantitative estimate of drug-likeness (QED) is 0.852. The minimum atomic E-state index is -0.230. The third kappa shape index (κ3) is 3.21. The van der Waals surface area contributed by atoms with E-state index in [1.807, 2.05) is 41.3 Å². The molecule has 2 amide bonds. The number of hydrogen-bond acceptors (Lipinski definition) is 2. The SMILES string of the molecule is O=C(c1ccccc1)N1CCN(C(=O)C2CC2c2ccccc2F)CC1. The number of amides is 2. The summed E-state index contributed by atoms with van der Waals surface area (Å²) in [6, 6.07) is 15.9. The molecule has 4 nitrogen and oxygen atoms in total. The van der Waals surface area contributed by atoms with Crippen molar-refractivity contribution in [3.8, 4) is 0 Å². The lowest BCUT2D eigenvalue weighted by atomic mass is 10.1. The maximum atomic E-state index is 13.9. The lowest BCUT2D eigenvalue weighted by Gasteiger charge is -2.35. The van der Waals surface area contributed by atoms with E-state index in [1.54, 1.807) is 17.0 Å². The van der Waals surface area contributed by atoms with E-state index in [1.165, 1.54) is 6.07 Å². The van der Waals surface area contributed by atoms with Crippen LogP contribution in [0.2, 0.25) is 0 Å². The van der Waals surface area contributed by atoms with Crippen LogP contribution < -0.4 is 0 Å². The summed E-state index contributed by atoms with van der Waals surface area (Å²) in [7, 11) is 0. The molecule has 0 spiro atoms. The molecule has 134 valence electrons. The summed E-state index contributed by atoms with van der Waals surface area (Å²) in [5, 5.41) is 0. The highest BCUT2D eigenvalue weighted by molar-refractivity contribution is 5.94. The zero-order valence-electron chi connectivity index (χ0n) is 14.5. The molecule has 1 saturated heterocycles. The Morgan fingerprint density at radius 1 is 0.846 bits per heavy atom. The average molecular weight is 352 g/mol. The Kier molecular flexibility index (Phi) is 4.45. The molecular weight excluding hydrogens is 331 g/mol. The second kappa shape index (κ2) is 6.90. The molecule has 2 atom stereocenters. The van der Waals surface area contributed by atoms with E-state index in [4.69, 9.17) is 0 Å². The molecule has 5 heteroatoms. The van der Waals surface area contributed by atoms with Gasteiger partial charge in [-0.1, -0.05) is 36.4 Å². The molecule has 2 fully saturated rings. The minimum Gasteiger partial charge on any atom is -0.339 e. The van der Waals surface area contributed by atoms with Crippen molar-refractivity contribution >= 4 is 11.8 Å². The summed E-state index contributed by atoms with van der Waals surface area (Å²) in [5.74, 6) is -0.263. The van der Waals surface area contributed by atoms with Gasteiger partial charge in [0.15, 0.2) is 0 Å². The molecule has 1 saturated carbocycles. The molecule has 2 aromatic rings. The third-order valence-electron chi connectivity index (χ3n) is 5.31. The molecule has 1 aliphatic carbocycles. The standard InChI is InChI=1S/C21H21FN2O2/c22-19-9-5-4-8-16(19)17-14-18(17)21(26)24-12-10-23(11-13-24)20(25)15-6-2-1-3-7-15/h1-9,17-18H,10-14H2. The molecule has 26 heavy (non-hydrogen) atoms. The predicted molar refractivity (Wildman–Crippen MR) is 96.2 cm³/mol. The van der Waals surface area contributed by atoms with E-state index in [2.05, 4.69) is 0 Å². The number of piperazine rings is 1. The van der Waals surface area contributed by atoms with Gasteiger partial charge in [0.1, 0.15) is 5.82 Å². The number of benzene rings is 2. The van der Waals surface area contributed by atoms with Gasteiger partial charge in [0.25, 0.3) is 5.91 Å².